The van der Waals surface area contributed by atoms with Gasteiger partial charge in [-0.25, -0.2) is 0 Å². The van der Waals surface area contributed by atoms with Crippen molar-refractivity contribution in [1.82, 2.24) is 4.98 Å². The Bertz CT molecular complexity index is 483. The largest absolute Gasteiger partial charge is 0.496 e. The minimum atomic E-state index is -0.459. The van der Waals surface area contributed by atoms with Crippen LogP contribution in [0, 0.1) is 0 Å². The average molecular weight is 263 g/mol. The SMILES string of the molecule is CC1(C)OB(c2ccc(/C(N)=N/O)nc2)OC1(C)C. The van der Waals surface area contributed by atoms with Crippen LogP contribution in [0.3, 0.4) is 0 Å². The number of aromatic nitrogens is 1. The van der Waals surface area contributed by atoms with Crippen molar-refractivity contribution in [2.45, 2.75) is 38.9 Å². The van der Waals surface area contributed by atoms with E-state index < -0.39 is 7.12 Å². The summed E-state index contributed by atoms with van der Waals surface area (Å²) >= 11 is 0. The van der Waals surface area contributed by atoms with Gasteiger partial charge < -0.3 is 20.2 Å². The molecule has 1 aromatic heterocycles. The molecule has 0 aliphatic carbocycles. The summed E-state index contributed by atoms with van der Waals surface area (Å²) in [6, 6.07) is 3.46. The van der Waals surface area contributed by atoms with Crippen LogP contribution in [-0.2, 0) is 9.31 Å². The molecule has 1 aromatic rings. The van der Waals surface area contributed by atoms with Crippen LogP contribution >= 0.6 is 0 Å². The van der Waals surface area contributed by atoms with Crippen LogP contribution in [0.15, 0.2) is 23.5 Å². The molecular weight excluding hydrogens is 245 g/mol. The lowest BCUT2D eigenvalue weighted by Gasteiger charge is -2.32. The van der Waals surface area contributed by atoms with E-state index >= 15 is 0 Å². The van der Waals surface area contributed by atoms with Crippen LogP contribution in [0.25, 0.3) is 0 Å². The van der Waals surface area contributed by atoms with Crippen molar-refractivity contribution >= 4 is 18.4 Å². The lowest BCUT2D eigenvalue weighted by molar-refractivity contribution is 0.00578. The lowest BCUT2D eigenvalue weighted by Crippen LogP contribution is -2.41. The maximum absolute atomic E-state index is 8.58. The molecule has 0 bridgehead atoms. The Balaban J connectivity index is 2.21. The first kappa shape index (κ1) is 13.8. The Kier molecular flexibility index (Phi) is 3.28. The molecule has 7 heteroatoms. The molecular formula is C12H18BN3O3. The number of amidine groups is 1. The topological polar surface area (TPSA) is 90.0 Å². The maximum atomic E-state index is 8.58. The molecule has 0 aromatic carbocycles. The van der Waals surface area contributed by atoms with Gasteiger partial charge in [-0.1, -0.05) is 11.2 Å². The van der Waals surface area contributed by atoms with Gasteiger partial charge in [-0.15, -0.1) is 0 Å². The normalized spacial score (nSPS) is 21.7. The third-order valence-corrected chi connectivity index (χ3v) is 3.68. The van der Waals surface area contributed by atoms with Crippen molar-refractivity contribution in [3.05, 3.63) is 24.0 Å². The van der Waals surface area contributed by atoms with E-state index in [1.165, 1.54) is 0 Å². The maximum Gasteiger partial charge on any atom is 0.496 e. The van der Waals surface area contributed by atoms with Gasteiger partial charge in [0.05, 0.1) is 11.2 Å². The third kappa shape index (κ3) is 2.43. The zero-order valence-electron chi connectivity index (χ0n) is 11.5. The number of nitrogens with zero attached hydrogens (tertiary/aromatic N) is 2. The molecule has 1 fully saturated rings. The molecule has 3 N–H and O–H groups in total. The molecule has 0 saturated carbocycles. The lowest BCUT2D eigenvalue weighted by atomic mass is 9.80. The van der Waals surface area contributed by atoms with Crippen LogP contribution in [0.1, 0.15) is 33.4 Å². The number of hydrogen-bond donors (Lipinski definition) is 2. The van der Waals surface area contributed by atoms with Crippen molar-refractivity contribution in [3.63, 3.8) is 0 Å². The Hall–Kier alpha value is -1.60. The summed E-state index contributed by atoms with van der Waals surface area (Å²) in [4.78, 5) is 4.11. The van der Waals surface area contributed by atoms with E-state index in [2.05, 4.69) is 10.1 Å². The molecule has 6 nitrogen and oxygen atoms in total. The molecule has 0 spiro atoms. The minimum Gasteiger partial charge on any atom is -0.409 e. The number of hydrogen-bond acceptors (Lipinski definition) is 5. The Morgan fingerprint density at radius 2 is 1.84 bits per heavy atom. The highest BCUT2D eigenvalue weighted by atomic mass is 16.7. The van der Waals surface area contributed by atoms with E-state index in [-0.39, 0.29) is 17.0 Å². The molecule has 2 heterocycles. The van der Waals surface area contributed by atoms with E-state index in [0.29, 0.717) is 5.69 Å². The standard InChI is InChI=1S/C12H18BN3O3/c1-11(2)12(3,4)19-13(18-11)8-5-6-9(15-7-8)10(14)16-17/h5-7,17H,1-4H3,(H2,14,16). The van der Waals surface area contributed by atoms with Crippen molar-refractivity contribution in [1.29, 1.82) is 0 Å². The third-order valence-electron chi connectivity index (χ3n) is 3.68. The molecule has 0 unspecified atom stereocenters. The molecule has 0 radical (unpaired) electrons. The van der Waals surface area contributed by atoms with Gasteiger partial charge in [0.25, 0.3) is 0 Å². The smallest absolute Gasteiger partial charge is 0.409 e. The molecule has 0 amide bonds. The van der Waals surface area contributed by atoms with Crippen molar-refractivity contribution < 1.29 is 14.5 Å². The molecule has 2 rings (SSSR count). The first-order chi connectivity index (χ1) is 8.77. The fourth-order valence-electron chi connectivity index (χ4n) is 1.73. The van der Waals surface area contributed by atoms with Crippen molar-refractivity contribution in [2.24, 2.45) is 10.9 Å². The Morgan fingerprint density at radius 3 is 2.26 bits per heavy atom. The number of rotatable bonds is 2. The predicted molar refractivity (Wildman–Crippen MR) is 72.5 cm³/mol. The highest BCUT2D eigenvalue weighted by Gasteiger charge is 2.51. The molecule has 1 aliphatic rings. The summed E-state index contributed by atoms with van der Waals surface area (Å²) in [5.41, 5.74) is 5.89. The number of nitrogens with two attached hydrogens (primary N) is 1. The van der Waals surface area contributed by atoms with Gasteiger partial charge in [-0.3, -0.25) is 4.98 Å². The second-order valence-electron chi connectivity index (χ2n) is 5.55. The fourth-order valence-corrected chi connectivity index (χ4v) is 1.73. The van der Waals surface area contributed by atoms with Crippen LogP contribution in [-0.4, -0.2) is 34.3 Å². The molecule has 1 saturated heterocycles. The molecule has 0 atom stereocenters. The first-order valence-electron chi connectivity index (χ1n) is 6.06. The van der Waals surface area contributed by atoms with Crippen LogP contribution in [0.4, 0.5) is 0 Å². The Labute approximate surface area is 112 Å². The van der Waals surface area contributed by atoms with Crippen LogP contribution < -0.4 is 11.2 Å². The molecule has 19 heavy (non-hydrogen) atoms. The average Bonchev–Trinajstić information content (AvgIpc) is 2.58. The van der Waals surface area contributed by atoms with E-state index in [0.717, 1.165) is 5.46 Å². The van der Waals surface area contributed by atoms with Crippen molar-refractivity contribution in [3.8, 4) is 0 Å². The first-order valence-corrected chi connectivity index (χ1v) is 6.06. The summed E-state index contributed by atoms with van der Waals surface area (Å²) in [5.74, 6) is -0.0273. The number of oxime groups is 1. The predicted octanol–water partition coefficient (Wildman–Crippen LogP) is 0.475. The quantitative estimate of drug-likeness (QED) is 0.266. The van der Waals surface area contributed by atoms with Gasteiger partial charge >= 0.3 is 7.12 Å². The monoisotopic (exact) mass is 263 g/mol. The molecule has 102 valence electrons. The second-order valence-corrected chi connectivity index (χ2v) is 5.55. The molecule has 1 aliphatic heterocycles. The van der Waals surface area contributed by atoms with Gasteiger partial charge in [0, 0.05) is 11.7 Å². The highest BCUT2D eigenvalue weighted by molar-refractivity contribution is 6.62. The Morgan fingerprint density at radius 1 is 1.26 bits per heavy atom. The van der Waals surface area contributed by atoms with E-state index in [4.69, 9.17) is 20.2 Å². The highest BCUT2D eigenvalue weighted by Crippen LogP contribution is 2.36. The zero-order chi connectivity index (χ0) is 14.3. The summed E-state index contributed by atoms with van der Waals surface area (Å²) in [5, 5.41) is 11.5. The van der Waals surface area contributed by atoms with Gasteiger partial charge in [0.1, 0.15) is 5.69 Å². The fraction of sp³-hybridized carbons (Fsp3) is 0.500. The zero-order valence-corrected chi connectivity index (χ0v) is 11.5. The van der Waals surface area contributed by atoms with E-state index in [1.54, 1.807) is 18.3 Å². The number of pyridine rings is 1. The van der Waals surface area contributed by atoms with Crippen LogP contribution in [0.2, 0.25) is 0 Å². The summed E-state index contributed by atoms with van der Waals surface area (Å²) in [6.45, 7) is 7.97. The van der Waals surface area contributed by atoms with Gasteiger partial charge in [0.2, 0.25) is 0 Å². The summed E-state index contributed by atoms with van der Waals surface area (Å²) in [7, 11) is -0.459. The van der Waals surface area contributed by atoms with Gasteiger partial charge in [-0.2, -0.15) is 0 Å². The second kappa shape index (κ2) is 4.50. The van der Waals surface area contributed by atoms with E-state index in [9.17, 15) is 0 Å². The summed E-state index contributed by atoms with van der Waals surface area (Å²) < 4.78 is 11.8. The van der Waals surface area contributed by atoms with Crippen molar-refractivity contribution in [2.75, 3.05) is 0 Å². The summed E-state index contributed by atoms with van der Waals surface area (Å²) in [6.07, 6.45) is 1.61. The van der Waals surface area contributed by atoms with Gasteiger partial charge in [-0.05, 0) is 33.8 Å². The van der Waals surface area contributed by atoms with E-state index in [1.807, 2.05) is 27.7 Å². The van der Waals surface area contributed by atoms with Crippen LogP contribution in [0.5, 0.6) is 0 Å². The van der Waals surface area contributed by atoms with Gasteiger partial charge in [0.15, 0.2) is 5.84 Å². The minimum absolute atomic E-state index is 0.0273.